The molecule has 2 aliphatic rings. The molecular weight excluding hydrogens is 451 g/mol. The third-order valence-electron chi connectivity index (χ3n) is 5.63. The normalized spacial score (nSPS) is 17.1. The number of benzene rings is 1. The number of hydrogen-bond donors (Lipinski definition) is 2. The Bertz CT molecular complexity index is 975. The molecule has 3 heterocycles. The Labute approximate surface area is 198 Å². The molecule has 4 rings (SSSR count). The molecule has 0 spiro atoms. The lowest BCUT2D eigenvalue weighted by Crippen LogP contribution is -2.42. The molecule has 0 atom stereocenters. The summed E-state index contributed by atoms with van der Waals surface area (Å²) < 4.78 is 5.44. The van der Waals surface area contributed by atoms with Crippen molar-refractivity contribution in [3.63, 3.8) is 0 Å². The number of aromatic nitrogens is 1. The molecule has 1 saturated heterocycles. The van der Waals surface area contributed by atoms with Gasteiger partial charge in [0.15, 0.2) is 0 Å². The van der Waals surface area contributed by atoms with Gasteiger partial charge in [0, 0.05) is 44.1 Å². The average Bonchev–Trinajstić information content (AvgIpc) is 2.81. The number of pyridine rings is 1. The summed E-state index contributed by atoms with van der Waals surface area (Å²) in [6.07, 6.45) is 6.23. The molecule has 0 radical (unpaired) electrons. The maximum atomic E-state index is 12.8. The second kappa shape index (κ2) is 11.4. The summed E-state index contributed by atoms with van der Waals surface area (Å²) in [4.78, 5) is 32.1. The molecule has 0 bridgehead atoms. The van der Waals surface area contributed by atoms with Crippen LogP contribution in [0.1, 0.15) is 29.6 Å². The molecular formula is C23H26Cl2N4O3. The Hall–Kier alpha value is -2.45. The van der Waals surface area contributed by atoms with Crippen molar-refractivity contribution < 1.29 is 14.3 Å². The maximum Gasteiger partial charge on any atom is 0.258 e. The minimum atomic E-state index is -0.353. The molecule has 1 fully saturated rings. The van der Waals surface area contributed by atoms with Crippen molar-refractivity contribution >= 4 is 47.3 Å². The number of hydrogen-bond acceptors (Lipinski definition) is 5. The Morgan fingerprint density at radius 1 is 1.06 bits per heavy atom. The molecule has 7 nitrogen and oxygen atoms in total. The van der Waals surface area contributed by atoms with E-state index in [9.17, 15) is 9.59 Å². The number of nitrogens with zero attached hydrogens (tertiary/aromatic N) is 2. The summed E-state index contributed by atoms with van der Waals surface area (Å²) >= 11 is 5.84. The van der Waals surface area contributed by atoms with E-state index < -0.39 is 0 Å². The van der Waals surface area contributed by atoms with Crippen LogP contribution in [0.5, 0.6) is 0 Å². The first-order valence-electron chi connectivity index (χ1n) is 10.4. The van der Waals surface area contributed by atoms with Gasteiger partial charge in [-0.3, -0.25) is 14.5 Å². The van der Waals surface area contributed by atoms with Crippen LogP contribution in [-0.2, 0) is 9.53 Å². The SMILES string of the molecule is Cl.O=C(Nc1ccccc1C(=O)Nc1ccc(Cl)cn1)C1=CCN(C2CCOCC2)CC1. The summed E-state index contributed by atoms with van der Waals surface area (Å²) in [5, 5.41) is 6.12. The second-order valence-corrected chi connectivity index (χ2v) is 8.07. The third-order valence-corrected chi connectivity index (χ3v) is 5.85. The van der Waals surface area contributed by atoms with E-state index >= 15 is 0 Å². The number of halogens is 2. The van der Waals surface area contributed by atoms with Gasteiger partial charge < -0.3 is 15.4 Å². The van der Waals surface area contributed by atoms with E-state index in [-0.39, 0.29) is 24.2 Å². The van der Waals surface area contributed by atoms with Crippen molar-refractivity contribution in [1.29, 1.82) is 0 Å². The van der Waals surface area contributed by atoms with Gasteiger partial charge in [-0.25, -0.2) is 4.98 Å². The second-order valence-electron chi connectivity index (χ2n) is 7.63. The fraction of sp³-hybridized carbons (Fsp3) is 0.348. The molecule has 0 saturated carbocycles. The molecule has 2 aromatic rings. The monoisotopic (exact) mass is 476 g/mol. The Morgan fingerprint density at radius 3 is 2.53 bits per heavy atom. The minimum absolute atomic E-state index is 0. The van der Waals surface area contributed by atoms with Crippen LogP contribution in [0.15, 0.2) is 54.2 Å². The Balaban J connectivity index is 0.00000289. The zero-order valence-electron chi connectivity index (χ0n) is 17.6. The number of para-hydroxylation sites is 1. The van der Waals surface area contributed by atoms with Gasteiger partial charge in [0.25, 0.3) is 11.8 Å². The van der Waals surface area contributed by atoms with Crippen LogP contribution in [-0.4, -0.2) is 54.0 Å². The molecule has 170 valence electrons. The average molecular weight is 477 g/mol. The quantitative estimate of drug-likeness (QED) is 0.676. The number of anilines is 2. The van der Waals surface area contributed by atoms with E-state index in [4.69, 9.17) is 16.3 Å². The lowest BCUT2D eigenvalue weighted by atomic mass is 10.0. The predicted molar refractivity (Wildman–Crippen MR) is 128 cm³/mol. The minimum Gasteiger partial charge on any atom is -0.381 e. The number of nitrogens with one attached hydrogen (secondary N) is 2. The largest absolute Gasteiger partial charge is 0.381 e. The summed E-state index contributed by atoms with van der Waals surface area (Å²) in [6.45, 7) is 3.23. The highest BCUT2D eigenvalue weighted by Gasteiger charge is 2.25. The van der Waals surface area contributed by atoms with Gasteiger partial charge in [-0.05, 0) is 43.5 Å². The van der Waals surface area contributed by atoms with Gasteiger partial charge in [0.2, 0.25) is 0 Å². The first kappa shape index (κ1) is 24.2. The van der Waals surface area contributed by atoms with Crippen molar-refractivity contribution in [1.82, 2.24) is 9.88 Å². The van der Waals surface area contributed by atoms with E-state index in [1.54, 1.807) is 36.4 Å². The van der Waals surface area contributed by atoms with Crippen LogP contribution in [0.4, 0.5) is 11.5 Å². The van der Waals surface area contributed by atoms with E-state index in [1.807, 2.05) is 6.08 Å². The summed E-state index contributed by atoms with van der Waals surface area (Å²) in [6, 6.07) is 10.7. The van der Waals surface area contributed by atoms with E-state index in [0.29, 0.717) is 34.6 Å². The van der Waals surface area contributed by atoms with Crippen LogP contribution >= 0.6 is 24.0 Å². The fourth-order valence-corrected chi connectivity index (χ4v) is 4.01. The maximum absolute atomic E-state index is 12.8. The molecule has 9 heteroatoms. The van der Waals surface area contributed by atoms with Crippen LogP contribution < -0.4 is 10.6 Å². The highest BCUT2D eigenvalue weighted by Crippen LogP contribution is 2.22. The van der Waals surface area contributed by atoms with Crippen LogP contribution in [0.25, 0.3) is 0 Å². The van der Waals surface area contributed by atoms with Crippen molar-refractivity contribution in [2.75, 3.05) is 36.9 Å². The molecule has 0 unspecified atom stereocenters. The fourth-order valence-electron chi connectivity index (χ4n) is 3.90. The van der Waals surface area contributed by atoms with E-state index in [0.717, 1.165) is 44.7 Å². The topological polar surface area (TPSA) is 83.6 Å². The van der Waals surface area contributed by atoms with Crippen LogP contribution in [0, 0.1) is 0 Å². The van der Waals surface area contributed by atoms with E-state index in [2.05, 4.69) is 20.5 Å². The highest BCUT2D eigenvalue weighted by molar-refractivity contribution is 6.30. The molecule has 32 heavy (non-hydrogen) atoms. The van der Waals surface area contributed by atoms with Gasteiger partial charge in [-0.15, -0.1) is 12.4 Å². The van der Waals surface area contributed by atoms with Crippen molar-refractivity contribution in [2.45, 2.75) is 25.3 Å². The Kier molecular flexibility index (Phi) is 8.64. The lowest BCUT2D eigenvalue weighted by molar-refractivity contribution is -0.113. The van der Waals surface area contributed by atoms with Gasteiger partial charge in [-0.2, -0.15) is 0 Å². The molecule has 1 aromatic carbocycles. The van der Waals surface area contributed by atoms with Crippen molar-refractivity contribution in [3.8, 4) is 0 Å². The zero-order valence-corrected chi connectivity index (χ0v) is 19.1. The van der Waals surface area contributed by atoms with Crippen LogP contribution in [0.3, 0.4) is 0 Å². The van der Waals surface area contributed by atoms with Crippen molar-refractivity contribution in [3.05, 3.63) is 64.8 Å². The Morgan fingerprint density at radius 2 is 1.84 bits per heavy atom. The smallest absolute Gasteiger partial charge is 0.258 e. The summed E-state index contributed by atoms with van der Waals surface area (Å²) in [5.74, 6) is -0.135. The van der Waals surface area contributed by atoms with E-state index in [1.165, 1.54) is 6.20 Å². The molecule has 2 amide bonds. The predicted octanol–water partition coefficient (Wildman–Crippen LogP) is 4.16. The molecule has 1 aromatic heterocycles. The molecule has 0 aliphatic carbocycles. The number of ether oxygens (including phenoxy) is 1. The molecule has 2 aliphatic heterocycles. The standard InChI is InChI=1S/C23H25ClN4O3.ClH/c24-17-5-6-21(25-15-17)27-23(30)19-3-1-2-4-20(19)26-22(29)16-7-11-28(12-8-16)18-9-13-31-14-10-18;/h1-7,15,18H,8-14H2,(H,26,29)(H,25,27,30);1H. The van der Waals surface area contributed by atoms with Gasteiger partial charge in [-0.1, -0.05) is 29.8 Å². The highest BCUT2D eigenvalue weighted by atomic mass is 35.5. The lowest BCUT2D eigenvalue weighted by Gasteiger charge is -2.35. The van der Waals surface area contributed by atoms with Crippen LogP contribution in [0.2, 0.25) is 5.02 Å². The zero-order chi connectivity index (χ0) is 21.6. The number of carbonyl (C=O) groups is 2. The summed E-state index contributed by atoms with van der Waals surface area (Å²) in [7, 11) is 0. The summed E-state index contributed by atoms with van der Waals surface area (Å²) in [5.41, 5.74) is 1.58. The molecule has 2 N–H and O–H groups in total. The van der Waals surface area contributed by atoms with Gasteiger partial charge in [0.05, 0.1) is 16.3 Å². The number of carbonyl (C=O) groups excluding carboxylic acids is 2. The first-order chi connectivity index (χ1) is 15.1. The van der Waals surface area contributed by atoms with Gasteiger partial charge >= 0.3 is 0 Å². The number of amides is 2. The number of rotatable bonds is 5. The van der Waals surface area contributed by atoms with Crippen molar-refractivity contribution in [2.24, 2.45) is 0 Å². The third kappa shape index (κ3) is 6.07. The first-order valence-corrected chi connectivity index (χ1v) is 10.8. The van der Waals surface area contributed by atoms with Gasteiger partial charge in [0.1, 0.15) is 5.82 Å².